The minimum Gasteiger partial charge on any atom is -0.486 e. The second-order valence-corrected chi connectivity index (χ2v) is 5.63. The fraction of sp³-hybridized carbons (Fsp3) is 0.500. The van der Waals surface area contributed by atoms with Crippen LogP contribution in [0.1, 0.15) is 20.8 Å². The predicted octanol–water partition coefficient (Wildman–Crippen LogP) is 2.73. The maximum atomic E-state index is 5.98. The van der Waals surface area contributed by atoms with Gasteiger partial charge in [-0.15, -0.1) is 0 Å². The molecule has 0 spiro atoms. The number of nitrogens with two attached hydrogens (primary N) is 1. The Labute approximate surface area is 107 Å². The summed E-state index contributed by atoms with van der Waals surface area (Å²) in [7, 11) is 0. The van der Waals surface area contributed by atoms with Crippen LogP contribution in [-0.2, 0) is 0 Å². The van der Waals surface area contributed by atoms with E-state index in [4.69, 9.17) is 27.9 Å². The molecule has 0 aromatic heterocycles. The van der Waals surface area contributed by atoms with Gasteiger partial charge >= 0.3 is 0 Å². The highest BCUT2D eigenvalue weighted by molar-refractivity contribution is 6.35. The number of ether oxygens (including phenoxy) is 1. The van der Waals surface area contributed by atoms with Crippen molar-refractivity contribution in [1.29, 1.82) is 0 Å². The Morgan fingerprint density at radius 3 is 2.50 bits per heavy atom. The summed E-state index contributed by atoms with van der Waals surface area (Å²) in [6.07, 6.45) is 0. The average molecular weight is 263 g/mol. The Kier molecular flexibility index (Phi) is 4.90. The zero-order valence-corrected chi connectivity index (χ0v) is 11.4. The quantitative estimate of drug-likeness (QED) is 0.830. The highest BCUT2D eigenvalue weighted by Gasteiger charge is 2.12. The molecule has 0 aliphatic carbocycles. The van der Waals surface area contributed by atoms with E-state index in [9.17, 15) is 0 Å². The van der Waals surface area contributed by atoms with Crippen molar-refractivity contribution in [2.45, 2.75) is 26.3 Å². The number of benzene rings is 1. The van der Waals surface area contributed by atoms with E-state index in [1.165, 1.54) is 0 Å². The van der Waals surface area contributed by atoms with E-state index in [1.54, 1.807) is 18.2 Å². The summed E-state index contributed by atoms with van der Waals surface area (Å²) >= 11 is 11.8. The van der Waals surface area contributed by atoms with Crippen molar-refractivity contribution in [3.8, 4) is 5.75 Å². The van der Waals surface area contributed by atoms with E-state index in [-0.39, 0.29) is 5.54 Å². The van der Waals surface area contributed by atoms with E-state index >= 15 is 0 Å². The molecule has 1 aromatic rings. The van der Waals surface area contributed by atoms with Crippen molar-refractivity contribution in [1.82, 2.24) is 0 Å². The Hall–Kier alpha value is -0.440. The van der Waals surface area contributed by atoms with Crippen LogP contribution < -0.4 is 10.1 Å². The standard InChI is InChI=1S/C12H17Cl2NO/c1-12(2,3)15-6-7-16-11-5-4-9(13)8-10(11)14/h4-5,8,15H,6-7H2,1-3H3/p+1. The van der Waals surface area contributed by atoms with Gasteiger partial charge < -0.3 is 10.1 Å². The number of hydrogen-bond donors (Lipinski definition) is 1. The lowest BCUT2D eigenvalue weighted by molar-refractivity contribution is -0.717. The van der Waals surface area contributed by atoms with E-state index < -0.39 is 0 Å². The summed E-state index contributed by atoms with van der Waals surface area (Å²) in [5.74, 6) is 0.688. The van der Waals surface area contributed by atoms with Gasteiger partial charge in [0.05, 0.1) is 10.6 Å². The second-order valence-electron chi connectivity index (χ2n) is 4.78. The van der Waals surface area contributed by atoms with Crippen LogP contribution >= 0.6 is 23.2 Å². The summed E-state index contributed by atoms with van der Waals surface area (Å²) in [5, 5.41) is 3.42. The molecule has 90 valence electrons. The smallest absolute Gasteiger partial charge is 0.138 e. The maximum Gasteiger partial charge on any atom is 0.138 e. The SMILES string of the molecule is CC(C)(C)[NH2+]CCOc1ccc(Cl)cc1Cl. The normalized spacial score (nSPS) is 11.6. The van der Waals surface area contributed by atoms with Gasteiger partial charge in [-0.05, 0) is 39.0 Å². The van der Waals surface area contributed by atoms with Gasteiger partial charge in [-0.25, -0.2) is 0 Å². The van der Waals surface area contributed by atoms with Crippen molar-refractivity contribution < 1.29 is 10.1 Å². The Bertz CT molecular complexity index is 347. The molecule has 0 fully saturated rings. The van der Waals surface area contributed by atoms with Crippen molar-refractivity contribution in [3.05, 3.63) is 28.2 Å². The molecule has 2 N–H and O–H groups in total. The van der Waals surface area contributed by atoms with Gasteiger partial charge in [0.2, 0.25) is 0 Å². The number of quaternary nitrogens is 1. The molecule has 16 heavy (non-hydrogen) atoms. The molecule has 0 aliphatic rings. The van der Waals surface area contributed by atoms with Crippen molar-refractivity contribution in [3.63, 3.8) is 0 Å². The molecule has 1 rings (SSSR count). The summed E-state index contributed by atoms with van der Waals surface area (Å²) in [5.41, 5.74) is 0.229. The number of rotatable bonds is 4. The average Bonchev–Trinajstić information content (AvgIpc) is 2.13. The van der Waals surface area contributed by atoms with E-state index in [0.29, 0.717) is 22.4 Å². The highest BCUT2D eigenvalue weighted by Crippen LogP contribution is 2.27. The molecule has 0 radical (unpaired) electrons. The molecule has 0 amide bonds. The summed E-state index contributed by atoms with van der Waals surface area (Å²) in [4.78, 5) is 0. The van der Waals surface area contributed by atoms with Gasteiger partial charge in [0.15, 0.2) is 0 Å². The van der Waals surface area contributed by atoms with Crippen molar-refractivity contribution in [2.24, 2.45) is 0 Å². The lowest BCUT2D eigenvalue weighted by atomic mass is 10.1. The first-order valence-electron chi connectivity index (χ1n) is 5.31. The Morgan fingerprint density at radius 2 is 1.94 bits per heavy atom. The molecular formula is C12H18Cl2NO+. The topological polar surface area (TPSA) is 25.8 Å². The zero-order chi connectivity index (χ0) is 12.2. The molecule has 0 aliphatic heterocycles. The lowest BCUT2D eigenvalue weighted by Gasteiger charge is -2.17. The Morgan fingerprint density at radius 1 is 1.25 bits per heavy atom. The van der Waals surface area contributed by atoms with Crippen LogP contribution in [-0.4, -0.2) is 18.7 Å². The van der Waals surface area contributed by atoms with Crippen LogP contribution in [0.2, 0.25) is 10.0 Å². The first-order chi connectivity index (χ1) is 7.38. The molecule has 0 saturated heterocycles. The van der Waals surface area contributed by atoms with Gasteiger partial charge in [-0.2, -0.15) is 0 Å². The largest absolute Gasteiger partial charge is 0.486 e. The van der Waals surface area contributed by atoms with Gasteiger partial charge in [0.1, 0.15) is 18.9 Å². The third-order valence-electron chi connectivity index (χ3n) is 2.03. The van der Waals surface area contributed by atoms with Crippen LogP contribution in [0, 0.1) is 0 Å². The molecule has 0 unspecified atom stereocenters. The summed E-state index contributed by atoms with van der Waals surface area (Å²) < 4.78 is 5.57. The van der Waals surface area contributed by atoms with Crippen LogP contribution in [0.5, 0.6) is 5.75 Å². The van der Waals surface area contributed by atoms with Gasteiger partial charge in [-0.3, -0.25) is 0 Å². The number of halogens is 2. The minimum absolute atomic E-state index is 0.229. The van der Waals surface area contributed by atoms with Crippen LogP contribution in [0.3, 0.4) is 0 Å². The molecule has 2 nitrogen and oxygen atoms in total. The van der Waals surface area contributed by atoms with Crippen molar-refractivity contribution in [2.75, 3.05) is 13.2 Å². The van der Waals surface area contributed by atoms with Crippen LogP contribution in [0.4, 0.5) is 0 Å². The maximum absolute atomic E-state index is 5.98. The summed E-state index contributed by atoms with van der Waals surface area (Å²) in [6, 6.07) is 5.25. The fourth-order valence-corrected chi connectivity index (χ4v) is 1.72. The van der Waals surface area contributed by atoms with Crippen molar-refractivity contribution >= 4 is 23.2 Å². The molecule has 0 saturated carbocycles. The van der Waals surface area contributed by atoms with E-state index in [2.05, 4.69) is 26.1 Å². The van der Waals surface area contributed by atoms with Crippen LogP contribution in [0.25, 0.3) is 0 Å². The summed E-state index contributed by atoms with van der Waals surface area (Å²) in [6.45, 7) is 8.05. The molecule has 1 aromatic carbocycles. The molecular weight excluding hydrogens is 245 g/mol. The van der Waals surface area contributed by atoms with E-state index in [0.717, 1.165) is 6.54 Å². The zero-order valence-electron chi connectivity index (χ0n) is 9.89. The van der Waals surface area contributed by atoms with Crippen LogP contribution in [0.15, 0.2) is 18.2 Å². The molecule has 0 atom stereocenters. The Balaban J connectivity index is 2.38. The highest BCUT2D eigenvalue weighted by atomic mass is 35.5. The molecule has 4 heteroatoms. The third kappa shape index (κ3) is 5.06. The lowest BCUT2D eigenvalue weighted by Crippen LogP contribution is -2.95. The molecule has 0 heterocycles. The van der Waals surface area contributed by atoms with E-state index in [1.807, 2.05) is 0 Å². The minimum atomic E-state index is 0.229. The van der Waals surface area contributed by atoms with Gasteiger partial charge in [0, 0.05) is 5.02 Å². The number of hydrogen-bond acceptors (Lipinski definition) is 1. The first kappa shape index (κ1) is 13.6. The van der Waals surface area contributed by atoms with Gasteiger partial charge in [0.25, 0.3) is 0 Å². The first-order valence-corrected chi connectivity index (χ1v) is 6.06. The monoisotopic (exact) mass is 262 g/mol. The van der Waals surface area contributed by atoms with Gasteiger partial charge in [-0.1, -0.05) is 23.2 Å². The molecule has 0 bridgehead atoms. The fourth-order valence-electron chi connectivity index (χ4n) is 1.25. The third-order valence-corrected chi connectivity index (χ3v) is 2.56. The predicted molar refractivity (Wildman–Crippen MR) is 68.5 cm³/mol. The second kappa shape index (κ2) is 5.76.